The van der Waals surface area contributed by atoms with Crippen molar-refractivity contribution in [2.24, 2.45) is 0 Å². The maximum absolute atomic E-state index is 13.9. The summed E-state index contributed by atoms with van der Waals surface area (Å²) in [5.74, 6) is -2.86. The Morgan fingerprint density at radius 3 is 1.82 bits per heavy atom. The molecule has 202 valence electrons. The summed E-state index contributed by atoms with van der Waals surface area (Å²) in [6.45, 7) is 0. The SMILES string of the molecule is O=C(N[C@@H](c1ccccc1)[C@@H](O)c1ccccc1)C(Cc1cc(F)cc(F)c1)NS(=O)(=O)Cc1ccccc1. The Bertz CT molecular complexity index is 1470. The molecule has 0 spiro atoms. The highest BCUT2D eigenvalue weighted by molar-refractivity contribution is 7.88. The molecule has 3 atom stereocenters. The Morgan fingerprint density at radius 2 is 1.26 bits per heavy atom. The third kappa shape index (κ3) is 8.03. The van der Waals surface area contributed by atoms with Crippen LogP contribution < -0.4 is 10.0 Å². The summed E-state index contributed by atoms with van der Waals surface area (Å²) in [7, 11) is -4.05. The first kappa shape index (κ1) is 28.1. The van der Waals surface area contributed by atoms with Gasteiger partial charge < -0.3 is 10.4 Å². The lowest BCUT2D eigenvalue weighted by Crippen LogP contribution is -2.49. The van der Waals surface area contributed by atoms with Crippen LogP contribution in [0.1, 0.15) is 34.4 Å². The minimum atomic E-state index is -4.05. The first-order valence-corrected chi connectivity index (χ1v) is 13.9. The number of rotatable bonds is 11. The van der Waals surface area contributed by atoms with E-state index in [0.717, 1.165) is 12.1 Å². The molecule has 1 amide bonds. The molecule has 4 aromatic rings. The molecule has 4 aromatic carbocycles. The number of hydrogen-bond donors (Lipinski definition) is 3. The predicted molar refractivity (Wildman–Crippen MR) is 145 cm³/mol. The van der Waals surface area contributed by atoms with E-state index >= 15 is 0 Å². The van der Waals surface area contributed by atoms with Gasteiger partial charge in [0.15, 0.2) is 0 Å². The number of carbonyl (C=O) groups excluding carboxylic acids is 1. The standard InChI is InChI=1S/C30H28F2N2O4S/c31-25-16-22(17-26(32)19-25)18-27(34-39(37,38)20-21-10-4-1-5-11-21)30(36)33-28(23-12-6-2-7-13-23)29(35)24-14-8-3-9-15-24/h1-17,19,27-29,34-35H,18,20H2,(H,33,36)/t27?,28-,29-/m0/s1. The average Bonchev–Trinajstić information content (AvgIpc) is 2.91. The van der Waals surface area contributed by atoms with Crippen LogP contribution in [-0.2, 0) is 27.0 Å². The molecule has 0 bridgehead atoms. The van der Waals surface area contributed by atoms with Crippen LogP contribution in [-0.4, -0.2) is 25.5 Å². The second-order valence-electron chi connectivity index (χ2n) is 9.15. The van der Waals surface area contributed by atoms with Crippen molar-refractivity contribution in [3.63, 3.8) is 0 Å². The van der Waals surface area contributed by atoms with E-state index in [4.69, 9.17) is 0 Å². The predicted octanol–water partition coefficient (Wildman–Crippen LogP) is 4.59. The third-order valence-corrected chi connectivity index (χ3v) is 7.47. The van der Waals surface area contributed by atoms with E-state index in [1.807, 2.05) is 0 Å². The van der Waals surface area contributed by atoms with Gasteiger partial charge in [0.05, 0.1) is 11.8 Å². The van der Waals surface area contributed by atoms with Gasteiger partial charge in [0.2, 0.25) is 15.9 Å². The molecule has 6 nitrogen and oxygen atoms in total. The Hall–Kier alpha value is -3.92. The summed E-state index contributed by atoms with van der Waals surface area (Å²) in [6.07, 6.45) is -1.48. The first-order valence-electron chi connectivity index (χ1n) is 12.3. The average molecular weight is 551 g/mol. The molecule has 3 N–H and O–H groups in total. The van der Waals surface area contributed by atoms with Gasteiger partial charge in [-0.05, 0) is 40.8 Å². The molecule has 0 aliphatic carbocycles. The van der Waals surface area contributed by atoms with E-state index in [1.165, 1.54) is 0 Å². The van der Waals surface area contributed by atoms with E-state index in [1.54, 1.807) is 91.0 Å². The molecule has 1 unspecified atom stereocenters. The van der Waals surface area contributed by atoms with Crippen LogP contribution >= 0.6 is 0 Å². The molecule has 0 aliphatic rings. The van der Waals surface area contributed by atoms with E-state index in [9.17, 15) is 27.1 Å². The number of aliphatic hydroxyl groups is 1. The summed E-state index contributed by atoms with van der Waals surface area (Å²) in [6, 6.07) is 26.3. The second-order valence-corrected chi connectivity index (χ2v) is 10.9. The fourth-order valence-corrected chi connectivity index (χ4v) is 5.64. The molecular weight excluding hydrogens is 522 g/mol. The Kier molecular flexibility index (Phi) is 9.19. The Labute approximate surface area is 226 Å². The van der Waals surface area contributed by atoms with Gasteiger partial charge in [-0.3, -0.25) is 4.79 Å². The van der Waals surface area contributed by atoms with Crippen LogP contribution in [0.4, 0.5) is 8.78 Å². The molecule has 0 saturated carbocycles. The quantitative estimate of drug-likeness (QED) is 0.255. The maximum atomic E-state index is 13.9. The van der Waals surface area contributed by atoms with E-state index < -0.39 is 51.5 Å². The summed E-state index contributed by atoms with van der Waals surface area (Å²) in [5.41, 5.74) is 1.72. The van der Waals surface area contributed by atoms with Gasteiger partial charge in [0, 0.05) is 6.07 Å². The molecular formula is C30H28F2N2O4S. The van der Waals surface area contributed by atoms with E-state index in [0.29, 0.717) is 22.8 Å². The highest BCUT2D eigenvalue weighted by Gasteiger charge is 2.31. The normalized spacial score (nSPS) is 13.8. The topological polar surface area (TPSA) is 95.5 Å². The van der Waals surface area contributed by atoms with Crippen LogP contribution in [0.15, 0.2) is 109 Å². The molecule has 9 heteroatoms. The zero-order chi connectivity index (χ0) is 27.8. The highest BCUT2D eigenvalue weighted by Crippen LogP contribution is 2.29. The summed E-state index contributed by atoms with van der Waals surface area (Å²) in [5, 5.41) is 14.0. The van der Waals surface area contributed by atoms with Crippen LogP contribution in [0.2, 0.25) is 0 Å². The maximum Gasteiger partial charge on any atom is 0.239 e. The van der Waals surface area contributed by atoms with Crippen LogP contribution in [0.5, 0.6) is 0 Å². The van der Waals surface area contributed by atoms with Crippen LogP contribution in [0.25, 0.3) is 0 Å². The van der Waals surface area contributed by atoms with Gasteiger partial charge in [-0.15, -0.1) is 0 Å². The van der Waals surface area contributed by atoms with Crippen molar-refractivity contribution >= 4 is 15.9 Å². The van der Waals surface area contributed by atoms with Crippen LogP contribution in [0, 0.1) is 11.6 Å². The van der Waals surface area contributed by atoms with Crippen molar-refractivity contribution in [3.05, 3.63) is 143 Å². The van der Waals surface area contributed by atoms with Gasteiger partial charge in [-0.25, -0.2) is 21.9 Å². The largest absolute Gasteiger partial charge is 0.386 e. The minimum Gasteiger partial charge on any atom is -0.386 e. The van der Waals surface area contributed by atoms with Crippen molar-refractivity contribution in [1.82, 2.24) is 10.0 Å². The van der Waals surface area contributed by atoms with Crippen molar-refractivity contribution in [3.8, 4) is 0 Å². The number of aliphatic hydroxyl groups excluding tert-OH is 1. The zero-order valence-electron chi connectivity index (χ0n) is 20.9. The second kappa shape index (κ2) is 12.8. The van der Waals surface area contributed by atoms with E-state index in [2.05, 4.69) is 10.0 Å². The Balaban J connectivity index is 1.64. The molecule has 0 aliphatic heterocycles. The first-order chi connectivity index (χ1) is 18.7. The van der Waals surface area contributed by atoms with Crippen LogP contribution in [0.3, 0.4) is 0 Å². The van der Waals surface area contributed by atoms with E-state index in [-0.39, 0.29) is 12.0 Å². The minimum absolute atomic E-state index is 0.0925. The number of nitrogens with one attached hydrogen (secondary N) is 2. The monoisotopic (exact) mass is 550 g/mol. The lowest BCUT2D eigenvalue weighted by molar-refractivity contribution is -0.124. The number of benzene rings is 4. The fourth-order valence-electron chi connectivity index (χ4n) is 4.31. The number of sulfonamides is 1. The van der Waals surface area contributed by atoms with Gasteiger partial charge in [0.1, 0.15) is 23.8 Å². The van der Waals surface area contributed by atoms with Crippen molar-refractivity contribution in [1.29, 1.82) is 0 Å². The van der Waals surface area contributed by atoms with Crippen molar-refractivity contribution in [2.75, 3.05) is 0 Å². The van der Waals surface area contributed by atoms with Crippen molar-refractivity contribution < 1.29 is 27.1 Å². The summed E-state index contributed by atoms with van der Waals surface area (Å²) < 4.78 is 56.4. The number of halogens is 2. The molecule has 0 fully saturated rings. The molecule has 0 heterocycles. The molecule has 4 rings (SSSR count). The highest BCUT2D eigenvalue weighted by atomic mass is 32.2. The summed E-state index contributed by atoms with van der Waals surface area (Å²) in [4.78, 5) is 13.6. The van der Waals surface area contributed by atoms with Gasteiger partial charge in [0.25, 0.3) is 0 Å². The Morgan fingerprint density at radius 1 is 0.744 bits per heavy atom. The lowest BCUT2D eigenvalue weighted by Gasteiger charge is -2.28. The molecule has 0 aromatic heterocycles. The lowest BCUT2D eigenvalue weighted by atomic mass is 9.95. The molecule has 0 radical (unpaired) electrons. The number of amides is 1. The number of carbonyl (C=O) groups is 1. The zero-order valence-corrected chi connectivity index (χ0v) is 21.7. The van der Waals surface area contributed by atoms with Gasteiger partial charge in [-0.2, -0.15) is 0 Å². The summed E-state index contributed by atoms with van der Waals surface area (Å²) >= 11 is 0. The molecule has 0 saturated heterocycles. The number of hydrogen-bond acceptors (Lipinski definition) is 4. The smallest absolute Gasteiger partial charge is 0.239 e. The van der Waals surface area contributed by atoms with Gasteiger partial charge in [-0.1, -0.05) is 91.0 Å². The fraction of sp³-hybridized carbons (Fsp3) is 0.167. The van der Waals surface area contributed by atoms with Crippen molar-refractivity contribution in [2.45, 2.75) is 30.4 Å². The molecule has 39 heavy (non-hydrogen) atoms. The van der Waals surface area contributed by atoms with Gasteiger partial charge >= 0.3 is 0 Å². The third-order valence-electron chi connectivity index (χ3n) is 6.11.